The van der Waals surface area contributed by atoms with Gasteiger partial charge in [-0.3, -0.25) is 0 Å². The molecule has 106 valence electrons. The molecule has 0 fully saturated rings. The molecule has 1 unspecified atom stereocenters. The highest BCUT2D eigenvalue weighted by atomic mass is 32.1. The lowest BCUT2D eigenvalue weighted by atomic mass is 10.2. The summed E-state index contributed by atoms with van der Waals surface area (Å²) in [5.41, 5.74) is 2.40. The molecule has 0 radical (unpaired) electrons. The predicted molar refractivity (Wildman–Crippen MR) is 83.1 cm³/mol. The largest absolute Gasteiger partial charge is 0.490 e. The van der Waals surface area contributed by atoms with E-state index in [9.17, 15) is 0 Å². The SMILES string of the molecule is Cc1ccsc1C(C)Nc1ccc2c(c1)OCCCO2. The molecular formula is C16H19NO2S. The van der Waals surface area contributed by atoms with Gasteiger partial charge in [-0.2, -0.15) is 0 Å². The van der Waals surface area contributed by atoms with Crippen LogP contribution in [0.15, 0.2) is 29.6 Å². The van der Waals surface area contributed by atoms with Crippen molar-refractivity contribution >= 4 is 17.0 Å². The third-order valence-corrected chi connectivity index (χ3v) is 4.63. The average molecular weight is 289 g/mol. The van der Waals surface area contributed by atoms with E-state index in [1.54, 1.807) is 11.3 Å². The molecule has 3 nitrogen and oxygen atoms in total. The first-order valence-electron chi connectivity index (χ1n) is 6.94. The van der Waals surface area contributed by atoms with E-state index in [4.69, 9.17) is 9.47 Å². The van der Waals surface area contributed by atoms with E-state index in [0.717, 1.165) is 36.8 Å². The van der Waals surface area contributed by atoms with Crippen LogP contribution >= 0.6 is 11.3 Å². The molecule has 2 aromatic rings. The zero-order valence-corrected chi connectivity index (χ0v) is 12.6. The van der Waals surface area contributed by atoms with Crippen LogP contribution in [0.5, 0.6) is 11.5 Å². The van der Waals surface area contributed by atoms with Gasteiger partial charge in [-0.05, 0) is 43.0 Å². The first kappa shape index (κ1) is 13.3. The van der Waals surface area contributed by atoms with Crippen LogP contribution in [0.1, 0.15) is 29.8 Å². The fourth-order valence-corrected chi connectivity index (χ4v) is 3.33. The Balaban J connectivity index is 1.78. The number of anilines is 1. The van der Waals surface area contributed by atoms with E-state index in [2.05, 4.69) is 30.6 Å². The Bertz CT molecular complexity index is 594. The first-order valence-corrected chi connectivity index (χ1v) is 7.82. The summed E-state index contributed by atoms with van der Waals surface area (Å²) in [5.74, 6) is 1.68. The smallest absolute Gasteiger partial charge is 0.163 e. The summed E-state index contributed by atoms with van der Waals surface area (Å²) in [4.78, 5) is 1.37. The molecule has 1 aromatic carbocycles. The molecule has 1 aliphatic rings. The molecule has 1 atom stereocenters. The highest BCUT2D eigenvalue weighted by molar-refractivity contribution is 7.10. The van der Waals surface area contributed by atoms with Crippen LogP contribution < -0.4 is 14.8 Å². The van der Waals surface area contributed by atoms with Crippen molar-refractivity contribution < 1.29 is 9.47 Å². The second-order valence-corrected chi connectivity index (χ2v) is 5.99. The molecule has 4 heteroatoms. The Kier molecular flexibility index (Phi) is 3.83. The van der Waals surface area contributed by atoms with Gasteiger partial charge in [-0.1, -0.05) is 0 Å². The predicted octanol–water partition coefficient (Wildman–Crippen LogP) is 4.39. The number of thiophene rings is 1. The van der Waals surface area contributed by atoms with Crippen molar-refractivity contribution in [1.82, 2.24) is 0 Å². The second-order valence-electron chi connectivity index (χ2n) is 5.05. The zero-order chi connectivity index (χ0) is 13.9. The van der Waals surface area contributed by atoms with Crippen molar-refractivity contribution in [3.05, 3.63) is 40.1 Å². The number of aryl methyl sites for hydroxylation is 1. The Morgan fingerprint density at radius 3 is 2.70 bits per heavy atom. The van der Waals surface area contributed by atoms with E-state index in [1.807, 2.05) is 18.2 Å². The summed E-state index contributed by atoms with van der Waals surface area (Å²) in [6.07, 6.45) is 0.933. The summed E-state index contributed by atoms with van der Waals surface area (Å²) < 4.78 is 11.4. The van der Waals surface area contributed by atoms with Crippen LogP contribution in [0.25, 0.3) is 0 Å². The Morgan fingerprint density at radius 2 is 1.95 bits per heavy atom. The summed E-state index contributed by atoms with van der Waals surface area (Å²) in [6, 6.07) is 8.51. The van der Waals surface area contributed by atoms with E-state index in [1.165, 1.54) is 10.4 Å². The Labute approximate surface area is 123 Å². The molecule has 20 heavy (non-hydrogen) atoms. The highest BCUT2D eigenvalue weighted by Gasteiger charge is 2.13. The van der Waals surface area contributed by atoms with E-state index < -0.39 is 0 Å². The fourth-order valence-electron chi connectivity index (χ4n) is 2.40. The van der Waals surface area contributed by atoms with E-state index in [0.29, 0.717) is 6.04 Å². The van der Waals surface area contributed by atoms with Gasteiger partial charge in [0, 0.05) is 23.1 Å². The standard InChI is InChI=1S/C16H19NO2S/c1-11-6-9-20-16(11)12(2)17-13-4-5-14-15(10-13)19-8-3-7-18-14/h4-6,9-10,12,17H,3,7-8H2,1-2H3. The third-order valence-electron chi connectivity index (χ3n) is 3.43. The maximum absolute atomic E-state index is 5.72. The van der Waals surface area contributed by atoms with Crippen LogP contribution in [0.3, 0.4) is 0 Å². The van der Waals surface area contributed by atoms with Gasteiger partial charge < -0.3 is 14.8 Å². The molecule has 0 saturated heterocycles. The van der Waals surface area contributed by atoms with Gasteiger partial charge in [0.15, 0.2) is 11.5 Å². The molecule has 1 aromatic heterocycles. The van der Waals surface area contributed by atoms with E-state index in [-0.39, 0.29) is 0 Å². The highest BCUT2D eigenvalue weighted by Crippen LogP contribution is 2.34. The van der Waals surface area contributed by atoms with Crippen LogP contribution in [0.4, 0.5) is 5.69 Å². The van der Waals surface area contributed by atoms with Gasteiger partial charge in [0.2, 0.25) is 0 Å². The number of hydrogen-bond acceptors (Lipinski definition) is 4. The maximum Gasteiger partial charge on any atom is 0.163 e. The molecule has 0 amide bonds. The van der Waals surface area contributed by atoms with Gasteiger partial charge in [-0.25, -0.2) is 0 Å². The third kappa shape index (κ3) is 2.75. The molecular weight excluding hydrogens is 270 g/mol. The van der Waals surface area contributed by atoms with Crippen molar-refractivity contribution in [2.24, 2.45) is 0 Å². The van der Waals surface area contributed by atoms with Crippen molar-refractivity contribution in [3.8, 4) is 11.5 Å². The zero-order valence-electron chi connectivity index (χ0n) is 11.8. The fraction of sp³-hybridized carbons (Fsp3) is 0.375. The number of benzene rings is 1. The lowest BCUT2D eigenvalue weighted by Gasteiger charge is -2.16. The van der Waals surface area contributed by atoms with Crippen LogP contribution in [0, 0.1) is 6.92 Å². The van der Waals surface area contributed by atoms with Gasteiger partial charge in [0.25, 0.3) is 0 Å². The number of hydrogen-bond donors (Lipinski definition) is 1. The molecule has 0 bridgehead atoms. The molecule has 2 heterocycles. The Hall–Kier alpha value is -1.68. The topological polar surface area (TPSA) is 30.5 Å². The van der Waals surface area contributed by atoms with Crippen molar-refractivity contribution in [1.29, 1.82) is 0 Å². The summed E-state index contributed by atoms with van der Waals surface area (Å²) in [5, 5.41) is 5.67. The summed E-state index contributed by atoms with van der Waals surface area (Å²) >= 11 is 1.79. The van der Waals surface area contributed by atoms with Gasteiger partial charge in [0.1, 0.15) is 0 Å². The molecule has 0 saturated carbocycles. The minimum absolute atomic E-state index is 0.291. The lowest BCUT2D eigenvalue weighted by molar-refractivity contribution is 0.297. The minimum Gasteiger partial charge on any atom is -0.490 e. The molecule has 0 aliphatic carbocycles. The van der Waals surface area contributed by atoms with Gasteiger partial charge >= 0.3 is 0 Å². The van der Waals surface area contributed by atoms with Crippen LogP contribution in [0.2, 0.25) is 0 Å². The molecule has 1 aliphatic heterocycles. The quantitative estimate of drug-likeness (QED) is 0.909. The normalized spacial score (nSPS) is 15.5. The second kappa shape index (κ2) is 5.75. The number of fused-ring (bicyclic) bond motifs is 1. The number of ether oxygens (including phenoxy) is 2. The minimum atomic E-state index is 0.291. The molecule has 1 N–H and O–H groups in total. The monoisotopic (exact) mass is 289 g/mol. The van der Waals surface area contributed by atoms with Crippen molar-refractivity contribution in [2.75, 3.05) is 18.5 Å². The van der Waals surface area contributed by atoms with Crippen LogP contribution in [-0.4, -0.2) is 13.2 Å². The van der Waals surface area contributed by atoms with Crippen molar-refractivity contribution in [2.45, 2.75) is 26.3 Å². The lowest BCUT2D eigenvalue weighted by Crippen LogP contribution is -2.06. The number of nitrogens with one attached hydrogen (secondary N) is 1. The maximum atomic E-state index is 5.72. The first-order chi connectivity index (χ1) is 9.74. The van der Waals surface area contributed by atoms with Gasteiger partial charge in [0.05, 0.1) is 19.3 Å². The van der Waals surface area contributed by atoms with Gasteiger partial charge in [-0.15, -0.1) is 11.3 Å². The summed E-state index contributed by atoms with van der Waals surface area (Å²) in [6.45, 7) is 5.78. The Morgan fingerprint density at radius 1 is 1.15 bits per heavy atom. The average Bonchev–Trinajstić information content (AvgIpc) is 2.73. The molecule has 3 rings (SSSR count). The molecule has 0 spiro atoms. The number of rotatable bonds is 3. The van der Waals surface area contributed by atoms with Crippen LogP contribution in [-0.2, 0) is 0 Å². The van der Waals surface area contributed by atoms with E-state index >= 15 is 0 Å². The summed E-state index contributed by atoms with van der Waals surface area (Å²) in [7, 11) is 0. The van der Waals surface area contributed by atoms with Crippen molar-refractivity contribution in [3.63, 3.8) is 0 Å².